The minimum Gasteiger partial charge on any atom is -0.0757 e. The standard InChI is InChI=1S/C50H34/c1-2-14-34(15-3-1)47-31-36-28-29-38(32-48(36)42-22-7-6-21-41(42)47)50-45-25-10-8-23-43(45)49(44-24-9-11-26-46(44)50)37-19-12-18-35(30-37)40-27-13-17-33-16-4-5-20-39(33)40/h1-12,14-16,18-32H,13,17H2. The fourth-order valence-corrected chi connectivity index (χ4v) is 8.46. The van der Waals surface area contributed by atoms with Crippen LogP contribution in [0.5, 0.6) is 0 Å². The average molecular weight is 635 g/mol. The molecule has 10 rings (SSSR count). The molecule has 0 saturated carbocycles. The van der Waals surface area contributed by atoms with Gasteiger partial charge in [-0.1, -0.05) is 164 Å². The molecule has 0 bridgehead atoms. The molecule has 0 atom stereocenters. The number of fused-ring (bicyclic) bond motifs is 6. The van der Waals surface area contributed by atoms with E-state index in [2.05, 4.69) is 182 Å². The minimum absolute atomic E-state index is 1.08. The van der Waals surface area contributed by atoms with Gasteiger partial charge in [-0.25, -0.2) is 0 Å². The van der Waals surface area contributed by atoms with E-state index < -0.39 is 0 Å². The first kappa shape index (κ1) is 28.7. The highest BCUT2D eigenvalue weighted by Gasteiger charge is 2.19. The van der Waals surface area contributed by atoms with Crippen LogP contribution in [0.4, 0.5) is 0 Å². The van der Waals surface area contributed by atoms with Gasteiger partial charge in [0, 0.05) is 0 Å². The molecule has 9 aromatic carbocycles. The molecule has 9 aromatic rings. The summed E-state index contributed by atoms with van der Waals surface area (Å²) < 4.78 is 0. The molecule has 234 valence electrons. The number of benzene rings is 9. The van der Waals surface area contributed by atoms with Crippen molar-refractivity contribution in [3.8, 4) is 33.4 Å². The monoisotopic (exact) mass is 634 g/mol. The zero-order chi connectivity index (χ0) is 33.0. The number of hydrogen-bond donors (Lipinski definition) is 0. The topological polar surface area (TPSA) is 0 Å². The minimum atomic E-state index is 1.08. The van der Waals surface area contributed by atoms with Gasteiger partial charge in [0.2, 0.25) is 0 Å². The third-order valence-corrected chi connectivity index (χ3v) is 10.7. The van der Waals surface area contributed by atoms with Crippen LogP contribution in [0.2, 0.25) is 0 Å². The zero-order valence-electron chi connectivity index (χ0n) is 27.7. The Hall–Kier alpha value is -6.24. The lowest BCUT2D eigenvalue weighted by Crippen LogP contribution is -2.00. The largest absolute Gasteiger partial charge is 0.0757 e. The van der Waals surface area contributed by atoms with E-state index in [1.54, 1.807) is 0 Å². The van der Waals surface area contributed by atoms with Gasteiger partial charge >= 0.3 is 0 Å². The first-order valence-corrected chi connectivity index (χ1v) is 17.7. The second-order valence-electron chi connectivity index (χ2n) is 13.5. The van der Waals surface area contributed by atoms with Crippen LogP contribution >= 0.6 is 0 Å². The molecule has 0 N–H and O–H groups in total. The van der Waals surface area contributed by atoms with Crippen LogP contribution in [0.1, 0.15) is 23.1 Å². The lowest BCUT2D eigenvalue weighted by Gasteiger charge is -2.20. The molecule has 1 aliphatic carbocycles. The van der Waals surface area contributed by atoms with Gasteiger partial charge in [0.05, 0.1) is 0 Å². The maximum atomic E-state index is 2.42. The Kier molecular flexibility index (Phi) is 6.74. The van der Waals surface area contributed by atoms with Gasteiger partial charge < -0.3 is 0 Å². The van der Waals surface area contributed by atoms with E-state index in [1.807, 2.05) is 0 Å². The van der Waals surface area contributed by atoms with E-state index in [0.717, 1.165) is 12.8 Å². The van der Waals surface area contributed by atoms with E-state index >= 15 is 0 Å². The van der Waals surface area contributed by atoms with Gasteiger partial charge in [0.25, 0.3) is 0 Å². The fraction of sp³-hybridized carbons (Fsp3) is 0.0400. The van der Waals surface area contributed by atoms with Gasteiger partial charge in [-0.2, -0.15) is 0 Å². The van der Waals surface area contributed by atoms with Crippen molar-refractivity contribution in [3.05, 3.63) is 199 Å². The molecule has 1 aliphatic rings. The maximum Gasteiger partial charge on any atom is -0.00261 e. The van der Waals surface area contributed by atoms with Crippen LogP contribution in [0.25, 0.3) is 82.0 Å². The number of aryl methyl sites for hydroxylation is 1. The molecule has 0 nitrogen and oxygen atoms in total. The summed E-state index contributed by atoms with van der Waals surface area (Å²) in [7, 11) is 0. The fourth-order valence-electron chi connectivity index (χ4n) is 8.46. The van der Waals surface area contributed by atoms with Crippen molar-refractivity contribution >= 4 is 48.7 Å². The van der Waals surface area contributed by atoms with Crippen molar-refractivity contribution in [2.45, 2.75) is 12.8 Å². The molecular weight excluding hydrogens is 601 g/mol. The van der Waals surface area contributed by atoms with Crippen LogP contribution in [0.15, 0.2) is 182 Å². The highest BCUT2D eigenvalue weighted by Crippen LogP contribution is 2.46. The van der Waals surface area contributed by atoms with E-state index in [9.17, 15) is 0 Å². The third-order valence-electron chi connectivity index (χ3n) is 10.7. The van der Waals surface area contributed by atoms with E-state index in [0.29, 0.717) is 0 Å². The molecule has 0 spiro atoms. The van der Waals surface area contributed by atoms with Gasteiger partial charge in [0.15, 0.2) is 0 Å². The van der Waals surface area contributed by atoms with Crippen molar-refractivity contribution in [2.24, 2.45) is 0 Å². The molecular formula is C50H34. The summed E-state index contributed by atoms with van der Waals surface area (Å²) >= 11 is 0. The van der Waals surface area contributed by atoms with Gasteiger partial charge in [-0.3, -0.25) is 0 Å². The van der Waals surface area contributed by atoms with Crippen molar-refractivity contribution in [1.29, 1.82) is 0 Å². The van der Waals surface area contributed by atoms with Crippen LogP contribution in [-0.2, 0) is 6.42 Å². The summed E-state index contributed by atoms with van der Waals surface area (Å²) in [5.74, 6) is 0. The van der Waals surface area contributed by atoms with E-state index in [4.69, 9.17) is 0 Å². The summed E-state index contributed by atoms with van der Waals surface area (Å²) in [6.45, 7) is 0. The average Bonchev–Trinajstić information content (AvgIpc) is 3.19. The van der Waals surface area contributed by atoms with Crippen molar-refractivity contribution in [3.63, 3.8) is 0 Å². The lowest BCUT2D eigenvalue weighted by atomic mass is 9.83. The summed E-state index contributed by atoms with van der Waals surface area (Å²) in [6, 6.07) is 65.2. The predicted octanol–water partition coefficient (Wildman–Crippen LogP) is 13.7. The Morgan fingerprint density at radius 2 is 0.880 bits per heavy atom. The zero-order valence-corrected chi connectivity index (χ0v) is 27.7. The van der Waals surface area contributed by atoms with Crippen molar-refractivity contribution in [1.82, 2.24) is 0 Å². The summed E-state index contributed by atoms with van der Waals surface area (Å²) in [4.78, 5) is 0. The smallest absolute Gasteiger partial charge is 0.00261 e. The van der Waals surface area contributed by atoms with Crippen molar-refractivity contribution < 1.29 is 0 Å². The predicted molar refractivity (Wildman–Crippen MR) is 215 cm³/mol. The Labute approximate surface area is 292 Å². The number of allylic oxidation sites excluding steroid dienone is 1. The Balaban J connectivity index is 1.20. The molecule has 0 heterocycles. The molecule has 0 aliphatic heterocycles. The molecule has 0 amide bonds. The van der Waals surface area contributed by atoms with Gasteiger partial charge in [0.1, 0.15) is 0 Å². The molecule has 0 aromatic heterocycles. The Morgan fingerprint density at radius 3 is 1.60 bits per heavy atom. The Bertz CT molecular complexity index is 2740. The van der Waals surface area contributed by atoms with E-state index in [1.165, 1.54) is 98.7 Å². The van der Waals surface area contributed by atoms with Crippen LogP contribution in [-0.4, -0.2) is 0 Å². The maximum absolute atomic E-state index is 2.42. The number of hydrogen-bond acceptors (Lipinski definition) is 0. The van der Waals surface area contributed by atoms with Crippen LogP contribution < -0.4 is 0 Å². The van der Waals surface area contributed by atoms with Crippen molar-refractivity contribution in [2.75, 3.05) is 0 Å². The Morgan fingerprint density at radius 1 is 0.320 bits per heavy atom. The molecule has 0 saturated heterocycles. The number of rotatable bonds is 4. The molecule has 50 heavy (non-hydrogen) atoms. The summed E-state index contributed by atoms with van der Waals surface area (Å²) in [5.41, 5.74) is 13.0. The normalized spacial score (nSPS) is 12.8. The second-order valence-corrected chi connectivity index (χ2v) is 13.5. The summed E-state index contributed by atoms with van der Waals surface area (Å²) in [5, 5.41) is 10.2. The first-order valence-electron chi connectivity index (χ1n) is 17.7. The first-order chi connectivity index (χ1) is 24.8. The van der Waals surface area contributed by atoms with Gasteiger partial charge in [-0.05, 0) is 130 Å². The highest BCUT2D eigenvalue weighted by atomic mass is 14.2. The SMILES string of the molecule is C1=C(c2cccc(-c3c4ccccc4c(-c4ccc5cc(-c6ccccc6)c6ccccc6c5c4)c4ccccc34)c2)c2ccccc2CC1. The van der Waals surface area contributed by atoms with E-state index in [-0.39, 0.29) is 0 Å². The molecule has 0 radical (unpaired) electrons. The summed E-state index contributed by atoms with van der Waals surface area (Å²) in [6.07, 6.45) is 4.60. The third kappa shape index (κ3) is 4.60. The van der Waals surface area contributed by atoms with Gasteiger partial charge in [-0.15, -0.1) is 0 Å². The molecule has 0 unspecified atom stereocenters. The highest BCUT2D eigenvalue weighted by molar-refractivity contribution is 6.23. The quantitative estimate of drug-likeness (QED) is 0.133. The van der Waals surface area contributed by atoms with Crippen LogP contribution in [0, 0.1) is 0 Å². The lowest BCUT2D eigenvalue weighted by molar-refractivity contribution is 0.978. The van der Waals surface area contributed by atoms with Crippen LogP contribution in [0.3, 0.4) is 0 Å². The second kappa shape index (κ2) is 11.7. The molecule has 0 heteroatoms. The molecule has 0 fully saturated rings.